The van der Waals surface area contributed by atoms with Crippen molar-refractivity contribution in [3.63, 3.8) is 0 Å². The zero-order chi connectivity index (χ0) is 19.7. The maximum absolute atomic E-state index is 11.2. The zero-order valence-electron chi connectivity index (χ0n) is 16.5. The highest BCUT2D eigenvalue weighted by molar-refractivity contribution is 5.82. The highest BCUT2D eigenvalue weighted by Gasteiger charge is 2.46. The molecule has 0 unspecified atom stereocenters. The lowest BCUT2D eigenvalue weighted by molar-refractivity contribution is -0.204. The van der Waals surface area contributed by atoms with Crippen molar-refractivity contribution in [1.82, 2.24) is 0 Å². The molecule has 5 rings (SSSR count). The second kappa shape index (κ2) is 7.45. The Balaban J connectivity index is 1.28. The van der Waals surface area contributed by atoms with Gasteiger partial charge in [0.15, 0.2) is 5.79 Å². The number of hydrogen-bond acceptors (Lipinski definition) is 4. The molecule has 2 aliphatic rings. The molecule has 1 aliphatic heterocycles. The highest BCUT2D eigenvalue weighted by atomic mass is 16.7. The maximum Gasteiger partial charge on any atom is 0.168 e. The molecule has 0 atom stereocenters. The maximum atomic E-state index is 11.2. The largest absolute Gasteiger partial charge is 0.489 e. The lowest BCUT2D eigenvalue weighted by Crippen LogP contribution is -2.42. The molecular weight excluding hydrogens is 364 g/mol. The highest BCUT2D eigenvalue weighted by Crippen LogP contribution is 2.45. The van der Waals surface area contributed by atoms with Crippen molar-refractivity contribution in [2.24, 2.45) is 0 Å². The van der Waals surface area contributed by atoms with Gasteiger partial charge >= 0.3 is 0 Å². The summed E-state index contributed by atoms with van der Waals surface area (Å²) in [5, 5.41) is 13.7. The molecule has 1 aliphatic carbocycles. The molecule has 0 bridgehead atoms. The van der Waals surface area contributed by atoms with Crippen LogP contribution in [-0.2, 0) is 21.7 Å². The minimum Gasteiger partial charge on any atom is -0.489 e. The summed E-state index contributed by atoms with van der Waals surface area (Å²) in [6.45, 7) is 1.80. The third-order valence-electron chi connectivity index (χ3n) is 6.24. The van der Waals surface area contributed by atoms with Gasteiger partial charge in [0, 0.05) is 12.8 Å². The van der Waals surface area contributed by atoms with Crippen molar-refractivity contribution in [2.75, 3.05) is 13.2 Å². The van der Waals surface area contributed by atoms with Gasteiger partial charge in [-0.1, -0.05) is 48.5 Å². The molecule has 1 saturated heterocycles. The van der Waals surface area contributed by atoms with E-state index in [2.05, 4.69) is 30.3 Å². The topological polar surface area (TPSA) is 47.9 Å². The van der Waals surface area contributed by atoms with Gasteiger partial charge in [-0.05, 0) is 52.9 Å². The standard InChI is InChI=1S/C25H26O4/c26-24(10-12-25(13-11-24)28-14-15-29-25)22-6-3-7-23(17-22)27-18-19-8-9-20-4-1-2-5-21(20)16-19/h1-9,16-17,26H,10-15,18H2. The van der Waals surface area contributed by atoms with Crippen molar-refractivity contribution >= 4 is 10.8 Å². The van der Waals surface area contributed by atoms with E-state index in [0.717, 1.165) is 16.9 Å². The fourth-order valence-corrected chi connectivity index (χ4v) is 4.49. The molecule has 3 aromatic carbocycles. The summed E-state index contributed by atoms with van der Waals surface area (Å²) >= 11 is 0. The summed E-state index contributed by atoms with van der Waals surface area (Å²) in [5.41, 5.74) is 1.17. The van der Waals surface area contributed by atoms with Crippen LogP contribution in [0.2, 0.25) is 0 Å². The van der Waals surface area contributed by atoms with E-state index >= 15 is 0 Å². The summed E-state index contributed by atoms with van der Waals surface area (Å²) in [6, 6.07) is 22.6. The van der Waals surface area contributed by atoms with Gasteiger partial charge in [0.1, 0.15) is 12.4 Å². The van der Waals surface area contributed by atoms with E-state index in [4.69, 9.17) is 14.2 Å². The predicted octanol–water partition coefficient (Wildman–Crippen LogP) is 4.92. The molecule has 0 aromatic heterocycles. The fraction of sp³-hybridized carbons (Fsp3) is 0.360. The van der Waals surface area contributed by atoms with Gasteiger partial charge in [-0.15, -0.1) is 0 Å². The van der Waals surface area contributed by atoms with Gasteiger partial charge in [0.05, 0.1) is 18.8 Å². The molecule has 29 heavy (non-hydrogen) atoms. The second-order valence-corrected chi connectivity index (χ2v) is 8.14. The SMILES string of the molecule is OC1(c2cccc(OCc3ccc4ccccc4c3)c2)CCC2(CC1)OCCO2. The second-order valence-electron chi connectivity index (χ2n) is 8.14. The molecule has 1 saturated carbocycles. The normalized spacial score (nSPS) is 20.2. The van der Waals surface area contributed by atoms with E-state index in [0.29, 0.717) is 45.5 Å². The van der Waals surface area contributed by atoms with Crippen LogP contribution in [0.3, 0.4) is 0 Å². The molecule has 2 fully saturated rings. The van der Waals surface area contributed by atoms with E-state index < -0.39 is 11.4 Å². The smallest absolute Gasteiger partial charge is 0.168 e. The number of aliphatic hydroxyl groups is 1. The number of rotatable bonds is 4. The van der Waals surface area contributed by atoms with Crippen LogP contribution in [0, 0.1) is 0 Å². The number of hydrogen-bond donors (Lipinski definition) is 1. The van der Waals surface area contributed by atoms with Crippen LogP contribution in [0.15, 0.2) is 66.7 Å². The Morgan fingerprint density at radius 1 is 0.793 bits per heavy atom. The van der Waals surface area contributed by atoms with E-state index in [-0.39, 0.29) is 0 Å². The van der Waals surface area contributed by atoms with Crippen molar-refractivity contribution in [3.8, 4) is 5.75 Å². The van der Waals surface area contributed by atoms with Crippen LogP contribution < -0.4 is 4.74 Å². The Kier molecular flexibility index (Phi) is 4.78. The van der Waals surface area contributed by atoms with Gasteiger partial charge in [0.2, 0.25) is 0 Å². The first-order valence-electron chi connectivity index (χ1n) is 10.4. The molecule has 4 nitrogen and oxygen atoms in total. The van der Waals surface area contributed by atoms with Gasteiger partial charge in [-0.25, -0.2) is 0 Å². The summed E-state index contributed by atoms with van der Waals surface area (Å²) < 4.78 is 17.6. The Morgan fingerprint density at radius 3 is 2.34 bits per heavy atom. The molecule has 3 aromatic rings. The number of fused-ring (bicyclic) bond motifs is 1. The lowest BCUT2D eigenvalue weighted by atomic mass is 9.77. The van der Waals surface area contributed by atoms with E-state index in [1.54, 1.807) is 0 Å². The first-order chi connectivity index (χ1) is 14.1. The Bertz CT molecular complexity index is 996. The minimum absolute atomic E-state index is 0.476. The average Bonchev–Trinajstić information content (AvgIpc) is 3.23. The predicted molar refractivity (Wildman–Crippen MR) is 112 cm³/mol. The van der Waals surface area contributed by atoms with Crippen LogP contribution in [0.1, 0.15) is 36.8 Å². The van der Waals surface area contributed by atoms with Crippen molar-refractivity contribution < 1.29 is 19.3 Å². The van der Waals surface area contributed by atoms with Gasteiger partial charge in [-0.3, -0.25) is 0 Å². The zero-order valence-corrected chi connectivity index (χ0v) is 16.5. The first-order valence-corrected chi connectivity index (χ1v) is 10.4. The van der Waals surface area contributed by atoms with E-state index in [1.165, 1.54) is 10.8 Å². The van der Waals surface area contributed by atoms with Gasteiger partial charge in [0.25, 0.3) is 0 Å². The monoisotopic (exact) mass is 390 g/mol. The first kappa shape index (κ1) is 18.6. The molecule has 1 heterocycles. The summed E-state index contributed by atoms with van der Waals surface area (Å²) in [5.74, 6) is 0.300. The van der Waals surface area contributed by atoms with Crippen molar-refractivity contribution in [2.45, 2.75) is 43.7 Å². The minimum atomic E-state index is -0.858. The Hall–Kier alpha value is -2.40. The summed E-state index contributed by atoms with van der Waals surface area (Å²) in [6.07, 6.45) is 2.68. The lowest BCUT2D eigenvalue weighted by Gasteiger charge is -2.40. The van der Waals surface area contributed by atoms with Gasteiger partial charge < -0.3 is 19.3 Å². The van der Waals surface area contributed by atoms with E-state index in [9.17, 15) is 5.11 Å². The van der Waals surface area contributed by atoms with Crippen LogP contribution in [0.5, 0.6) is 5.75 Å². The van der Waals surface area contributed by atoms with Crippen LogP contribution in [0.4, 0.5) is 0 Å². The van der Waals surface area contributed by atoms with Crippen LogP contribution in [-0.4, -0.2) is 24.1 Å². The summed E-state index contributed by atoms with van der Waals surface area (Å²) in [7, 11) is 0. The van der Waals surface area contributed by atoms with Crippen molar-refractivity contribution in [1.29, 1.82) is 0 Å². The van der Waals surface area contributed by atoms with Crippen LogP contribution >= 0.6 is 0 Å². The quantitative estimate of drug-likeness (QED) is 0.687. The Labute approximate surface area is 171 Å². The van der Waals surface area contributed by atoms with Gasteiger partial charge in [-0.2, -0.15) is 0 Å². The molecule has 1 spiro atoms. The third-order valence-corrected chi connectivity index (χ3v) is 6.24. The molecular formula is C25H26O4. The average molecular weight is 390 g/mol. The molecule has 0 amide bonds. The fourth-order valence-electron chi connectivity index (χ4n) is 4.49. The third kappa shape index (κ3) is 3.76. The van der Waals surface area contributed by atoms with Crippen LogP contribution in [0.25, 0.3) is 10.8 Å². The molecule has 4 heteroatoms. The molecule has 0 radical (unpaired) electrons. The van der Waals surface area contributed by atoms with Crippen molar-refractivity contribution in [3.05, 3.63) is 77.9 Å². The summed E-state index contributed by atoms with van der Waals surface area (Å²) in [4.78, 5) is 0. The number of benzene rings is 3. The molecule has 150 valence electrons. The number of ether oxygens (including phenoxy) is 3. The van der Waals surface area contributed by atoms with E-state index in [1.807, 2.05) is 36.4 Å². The molecule has 1 N–H and O–H groups in total. The Morgan fingerprint density at radius 2 is 1.55 bits per heavy atom.